The Labute approximate surface area is 163 Å². The van der Waals surface area contributed by atoms with Crippen molar-refractivity contribution in [3.8, 4) is 0 Å². The van der Waals surface area contributed by atoms with Gasteiger partial charge in [0.1, 0.15) is 4.32 Å². The lowest BCUT2D eigenvalue weighted by atomic mass is 10.1. The smallest absolute Gasteiger partial charge is 0.242 e. The number of thiocarbonyl (C=S) groups is 1. The highest BCUT2D eigenvalue weighted by Gasteiger charge is 2.37. The number of hydrogen-bond acceptors (Lipinski definition) is 4. The lowest BCUT2D eigenvalue weighted by molar-refractivity contribution is -0.128. The molecule has 4 nitrogen and oxygen atoms in total. The number of thioether (sulfide) groups is 1. The molecule has 1 N–H and O–H groups in total. The summed E-state index contributed by atoms with van der Waals surface area (Å²) in [6, 6.07) is 17.6. The van der Waals surface area contributed by atoms with Crippen molar-refractivity contribution >= 4 is 45.8 Å². The molecule has 0 bridgehead atoms. The van der Waals surface area contributed by atoms with Crippen LogP contribution in [0.15, 0.2) is 54.6 Å². The van der Waals surface area contributed by atoms with Crippen molar-refractivity contribution in [1.82, 2.24) is 4.90 Å². The molecule has 1 aliphatic rings. The molecular weight excluding hydrogens is 364 g/mol. The SMILES string of the molecule is Cc1ccccc1NC(=O)C[C@H]1SC(=S)N(CCc2ccccc2)C1=O. The Morgan fingerprint density at radius 2 is 1.85 bits per heavy atom. The van der Waals surface area contributed by atoms with Crippen LogP contribution >= 0.6 is 24.0 Å². The molecule has 1 saturated heterocycles. The fourth-order valence-corrected chi connectivity index (χ4v) is 4.34. The van der Waals surface area contributed by atoms with E-state index in [0.29, 0.717) is 10.9 Å². The van der Waals surface area contributed by atoms with Crippen LogP contribution in [-0.2, 0) is 16.0 Å². The monoisotopic (exact) mass is 384 g/mol. The summed E-state index contributed by atoms with van der Waals surface area (Å²) in [6.07, 6.45) is 0.870. The molecule has 2 aromatic rings. The summed E-state index contributed by atoms with van der Waals surface area (Å²) in [5.41, 5.74) is 2.93. The molecule has 0 spiro atoms. The van der Waals surface area contributed by atoms with Crippen LogP contribution in [0, 0.1) is 6.92 Å². The Kier molecular flexibility index (Phi) is 6.06. The second-order valence-electron chi connectivity index (χ2n) is 6.17. The predicted octanol–water partition coefficient (Wildman–Crippen LogP) is 3.80. The van der Waals surface area contributed by atoms with Gasteiger partial charge in [-0.3, -0.25) is 14.5 Å². The minimum Gasteiger partial charge on any atom is -0.326 e. The predicted molar refractivity (Wildman–Crippen MR) is 110 cm³/mol. The molecule has 0 unspecified atom stereocenters. The highest BCUT2D eigenvalue weighted by Crippen LogP contribution is 2.30. The van der Waals surface area contributed by atoms with Crippen molar-refractivity contribution in [3.63, 3.8) is 0 Å². The number of nitrogens with zero attached hydrogens (tertiary/aromatic N) is 1. The minimum atomic E-state index is -0.442. The number of amides is 2. The van der Waals surface area contributed by atoms with Crippen LogP contribution < -0.4 is 5.32 Å². The molecule has 134 valence electrons. The number of hydrogen-bond donors (Lipinski definition) is 1. The number of carbonyl (C=O) groups is 2. The Hall–Kier alpha value is -2.18. The highest BCUT2D eigenvalue weighted by molar-refractivity contribution is 8.24. The third-order valence-corrected chi connectivity index (χ3v) is 5.85. The molecule has 26 heavy (non-hydrogen) atoms. The molecule has 2 aromatic carbocycles. The second-order valence-corrected chi connectivity index (χ2v) is 8.00. The van der Waals surface area contributed by atoms with Crippen molar-refractivity contribution in [3.05, 3.63) is 65.7 Å². The molecule has 0 aliphatic carbocycles. The Bertz CT molecular complexity index is 824. The maximum atomic E-state index is 12.6. The maximum absolute atomic E-state index is 12.6. The van der Waals surface area contributed by atoms with E-state index in [-0.39, 0.29) is 18.2 Å². The number of para-hydroxylation sites is 1. The van der Waals surface area contributed by atoms with Crippen LogP contribution in [0.3, 0.4) is 0 Å². The maximum Gasteiger partial charge on any atom is 0.242 e. The first kappa shape index (κ1) is 18.6. The third-order valence-electron chi connectivity index (χ3n) is 4.26. The van der Waals surface area contributed by atoms with Gasteiger partial charge in [-0.05, 0) is 30.5 Å². The highest BCUT2D eigenvalue weighted by atomic mass is 32.2. The van der Waals surface area contributed by atoms with Crippen LogP contribution in [0.25, 0.3) is 0 Å². The van der Waals surface area contributed by atoms with E-state index in [0.717, 1.165) is 23.2 Å². The summed E-state index contributed by atoms with van der Waals surface area (Å²) in [5.74, 6) is -0.242. The van der Waals surface area contributed by atoms with E-state index in [4.69, 9.17) is 12.2 Å². The molecule has 1 heterocycles. The fourth-order valence-electron chi connectivity index (χ4n) is 2.80. The largest absolute Gasteiger partial charge is 0.326 e. The Morgan fingerprint density at radius 3 is 2.58 bits per heavy atom. The van der Waals surface area contributed by atoms with E-state index >= 15 is 0 Å². The number of anilines is 1. The molecule has 1 fully saturated rings. The van der Waals surface area contributed by atoms with Gasteiger partial charge in [0.15, 0.2) is 0 Å². The summed E-state index contributed by atoms with van der Waals surface area (Å²) in [7, 11) is 0. The normalized spacial score (nSPS) is 16.8. The lowest BCUT2D eigenvalue weighted by Gasteiger charge is -2.15. The Morgan fingerprint density at radius 1 is 1.15 bits per heavy atom. The molecule has 1 atom stereocenters. The average molecular weight is 385 g/mol. The number of rotatable bonds is 6. The molecule has 3 rings (SSSR count). The molecule has 0 radical (unpaired) electrons. The van der Waals surface area contributed by atoms with E-state index in [9.17, 15) is 9.59 Å². The van der Waals surface area contributed by atoms with E-state index in [1.54, 1.807) is 4.90 Å². The molecule has 1 aliphatic heterocycles. The lowest BCUT2D eigenvalue weighted by Crippen LogP contribution is -2.34. The van der Waals surface area contributed by atoms with Crippen molar-refractivity contribution < 1.29 is 9.59 Å². The zero-order valence-electron chi connectivity index (χ0n) is 14.5. The summed E-state index contributed by atoms with van der Waals surface area (Å²) in [6.45, 7) is 2.48. The zero-order chi connectivity index (χ0) is 18.5. The zero-order valence-corrected chi connectivity index (χ0v) is 16.1. The van der Waals surface area contributed by atoms with Gasteiger partial charge in [0.2, 0.25) is 11.8 Å². The van der Waals surface area contributed by atoms with E-state index in [1.807, 2.05) is 61.5 Å². The van der Waals surface area contributed by atoms with Crippen LogP contribution in [0.4, 0.5) is 5.69 Å². The van der Waals surface area contributed by atoms with Crippen molar-refractivity contribution in [1.29, 1.82) is 0 Å². The van der Waals surface area contributed by atoms with Gasteiger partial charge in [0, 0.05) is 18.7 Å². The summed E-state index contributed by atoms with van der Waals surface area (Å²) in [5, 5.41) is 2.44. The molecule has 0 saturated carbocycles. The number of nitrogens with one attached hydrogen (secondary N) is 1. The standard InChI is InChI=1S/C20H20N2O2S2/c1-14-7-5-6-10-16(14)21-18(23)13-17-19(24)22(20(25)26-17)12-11-15-8-3-2-4-9-15/h2-10,17H,11-13H2,1H3,(H,21,23)/t17-/m1/s1. The minimum absolute atomic E-state index is 0.0733. The van der Waals surface area contributed by atoms with Crippen LogP contribution in [0.2, 0.25) is 0 Å². The summed E-state index contributed by atoms with van der Waals surface area (Å²) < 4.78 is 0.555. The van der Waals surface area contributed by atoms with Crippen LogP contribution in [0.5, 0.6) is 0 Å². The van der Waals surface area contributed by atoms with Crippen molar-refractivity contribution in [2.45, 2.75) is 25.0 Å². The van der Waals surface area contributed by atoms with Crippen LogP contribution in [-0.4, -0.2) is 32.8 Å². The fraction of sp³-hybridized carbons (Fsp3) is 0.250. The van der Waals surface area contributed by atoms with Gasteiger partial charge in [-0.2, -0.15) is 0 Å². The second kappa shape index (κ2) is 8.47. The van der Waals surface area contributed by atoms with Crippen molar-refractivity contribution in [2.24, 2.45) is 0 Å². The Balaban J connectivity index is 1.56. The molecule has 6 heteroatoms. The molecular formula is C20H20N2O2S2. The van der Waals surface area contributed by atoms with E-state index in [1.165, 1.54) is 11.8 Å². The summed E-state index contributed by atoms with van der Waals surface area (Å²) >= 11 is 6.66. The average Bonchev–Trinajstić information content (AvgIpc) is 2.89. The molecule has 2 amide bonds. The van der Waals surface area contributed by atoms with Gasteiger partial charge in [-0.1, -0.05) is 72.5 Å². The van der Waals surface area contributed by atoms with Crippen molar-refractivity contribution in [2.75, 3.05) is 11.9 Å². The number of benzene rings is 2. The first-order valence-electron chi connectivity index (χ1n) is 8.46. The molecule has 0 aromatic heterocycles. The van der Waals surface area contributed by atoms with Gasteiger partial charge >= 0.3 is 0 Å². The van der Waals surface area contributed by atoms with E-state index in [2.05, 4.69) is 5.32 Å². The van der Waals surface area contributed by atoms with Gasteiger partial charge < -0.3 is 5.32 Å². The number of aryl methyl sites for hydroxylation is 1. The van der Waals surface area contributed by atoms with Gasteiger partial charge in [-0.25, -0.2) is 0 Å². The summed E-state index contributed by atoms with van der Waals surface area (Å²) in [4.78, 5) is 26.6. The van der Waals surface area contributed by atoms with E-state index < -0.39 is 5.25 Å². The van der Waals surface area contributed by atoms with Gasteiger partial charge in [0.05, 0.1) is 5.25 Å². The van der Waals surface area contributed by atoms with Crippen LogP contribution in [0.1, 0.15) is 17.5 Å². The van der Waals surface area contributed by atoms with Gasteiger partial charge in [-0.15, -0.1) is 0 Å². The third kappa shape index (κ3) is 4.51. The first-order chi connectivity index (χ1) is 12.5. The topological polar surface area (TPSA) is 49.4 Å². The van der Waals surface area contributed by atoms with Gasteiger partial charge in [0.25, 0.3) is 0 Å². The number of carbonyl (C=O) groups excluding carboxylic acids is 2. The quantitative estimate of drug-likeness (QED) is 0.770. The first-order valence-corrected chi connectivity index (χ1v) is 9.75.